The van der Waals surface area contributed by atoms with E-state index in [0.29, 0.717) is 6.07 Å². The molecule has 104 valence electrons. The van der Waals surface area contributed by atoms with Gasteiger partial charge in [0.2, 0.25) is 0 Å². The molecule has 0 fully saturated rings. The number of ether oxygens (including phenoxy) is 1. The lowest BCUT2D eigenvalue weighted by atomic mass is 10.1. The van der Waals surface area contributed by atoms with Crippen molar-refractivity contribution in [3.63, 3.8) is 0 Å². The number of halogens is 3. The molecule has 0 saturated carbocycles. The number of rotatable bonds is 5. The second-order valence-corrected chi connectivity index (χ2v) is 3.73. The predicted octanol–water partition coefficient (Wildman–Crippen LogP) is 2.69. The highest BCUT2D eigenvalue weighted by Crippen LogP contribution is 2.30. The molecule has 0 aromatic carbocycles. The van der Waals surface area contributed by atoms with Crippen molar-refractivity contribution in [1.29, 1.82) is 0 Å². The highest BCUT2D eigenvalue weighted by atomic mass is 35.5. The molecule has 0 aliphatic carbocycles. The average molecular weight is 295 g/mol. The number of esters is 1. The molecule has 0 N–H and O–H groups in total. The number of aromatic nitrogens is 1. The van der Waals surface area contributed by atoms with E-state index in [0.717, 1.165) is 0 Å². The second kappa shape index (κ2) is 6.37. The van der Waals surface area contributed by atoms with Crippen LogP contribution in [0.2, 0.25) is 5.15 Å². The summed E-state index contributed by atoms with van der Waals surface area (Å²) < 4.78 is 29.6. The summed E-state index contributed by atoms with van der Waals surface area (Å²) in [6.45, 7) is 1.65. The van der Waals surface area contributed by atoms with Gasteiger partial charge >= 0.3 is 5.97 Å². The first kappa shape index (κ1) is 15.2. The molecule has 1 aromatic rings. The Morgan fingerprint density at radius 2 is 2.26 bits per heavy atom. The van der Waals surface area contributed by atoms with E-state index in [-0.39, 0.29) is 12.2 Å². The average Bonchev–Trinajstić information content (AvgIpc) is 2.31. The summed E-state index contributed by atoms with van der Waals surface area (Å²) in [5.74, 6) is -0.751. The van der Waals surface area contributed by atoms with E-state index in [1.165, 1.54) is 0 Å². The van der Waals surface area contributed by atoms with Crippen LogP contribution in [0.15, 0.2) is 6.07 Å². The second-order valence-electron chi connectivity index (χ2n) is 3.38. The van der Waals surface area contributed by atoms with Gasteiger partial charge in [-0.05, 0) is 6.92 Å². The minimum absolute atomic E-state index is 0.0901. The molecule has 0 spiro atoms. The van der Waals surface area contributed by atoms with Crippen molar-refractivity contribution in [3.05, 3.63) is 32.6 Å². The number of alkyl halides is 2. The third-order valence-corrected chi connectivity index (χ3v) is 2.43. The molecule has 0 atom stereocenters. The fraction of sp³-hybridized carbons (Fsp3) is 0.400. The molecule has 19 heavy (non-hydrogen) atoms. The smallest absolute Gasteiger partial charge is 0.310 e. The van der Waals surface area contributed by atoms with Gasteiger partial charge in [0, 0.05) is 6.07 Å². The maximum atomic E-state index is 12.5. The lowest BCUT2D eigenvalue weighted by Gasteiger charge is -2.07. The highest BCUT2D eigenvalue weighted by Gasteiger charge is 2.25. The Kier molecular flexibility index (Phi) is 5.11. The summed E-state index contributed by atoms with van der Waals surface area (Å²) in [6.07, 6.45) is -3.49. The van der Waals surface area contributed by atoms with E-state index < -0.39 is 40.3 Å². The minimum atomic E-state index is -2.99. The fourth-order valence-electron chi connectivity index (χ4n) is 1.34. The van der Waals surface area contributed by atoms with E-state index in [1.807, 2.05) is 0 Å². The predicted molar refractivity (Wildman–Crippen MR) is 61.2 cm³/mol. The van der Waals surface area contributed by atoms with Crippen LogP contribution in [0, 0.1) is 10.1 Å². The van der Waals surface area contributed by atoms with Gasteiger partial charge in [-0.3, -0.25) is 14.9 Å². The van der Waals surface area contributed by atoms with Gasteiger partial charge in [0.1, 0.15) is 10.8 Å². The Labute approximate surface area is 111 Å². The van der Waals surface area contributed by atoms with Crippen LogP contribution in [0.4, 0.5) is 14.5 Å². The van der Waals surface area contributed by atoms with E-state index in [9.17, 15) is 23.7 Å². The highest BCUT2D eigenvalue weighted by molar-refractivity contribution is 6.30. The number of hydrogen-bond donors (Lipinski definition) is 0. The summed E-state index contributed by atoms with van der Waals surface area (Å²) in [4.78, 5) is 24.5. The van der Waals surface area contributed by atoms with Crippen molar-refractivity contribution in [2.24, 2.45) is 0 Å². The molecule has 0 aliphatic heterocycles. The van der Waals surface area contributed by atoms with Crippen LogP contribution < -0.4 is 0 Å². The zero-order valence-electron chi connectivity index (χ0n) is 9.73. The first-order valence-corrected chi connectivity index (χ1v) is 5.52. The van der Waals surface area contributed by atoms with Crippen molar-refractivity contribution in [2.45, 2.75) is 19.8 Å². The van der Waals surface area contributed by atoms with Crippen LogP contribution in [-0.4, -0.2) is 22.5 Å². The van der Waals surface area contributed by atoms with E-state index in [4.69, 9.17) is 11.6 Å². The molecule has 9 heteroatoms. The molecular weight excluding hydrogens is 286 g/mol. The third kappa shape index (κ3) is 3.82. The number of carbonyl (C=O) groups excluding carboxylic acids is 1. The molecule has 0 amide bonds. The Hall–Kier alpha value is -1.83. The van der Waals surface area contributed by atoms with Gasteiger partial charge in [0.25, 0.3) is 12.1 Å². The summed E-state index contributed by atoms with van der Waals surface area (Å²) >= 11 is 5.61. The van der Waals surface area contributed by atoms with E-state index in [1.54, 1.807) is 6.92 Å². The van der Waals surface area contributed by atoms with Crippen molar-refractivity contribution in [2.75, 3.05) is 6.61 Å². The first-order chi connectivity index (χ1) is 8.86. The molecule has 6 nitrogen and oxygen atoms in total. The van der Waals surface area contributed by atoms with Gasteiger partial charge in [0.05, 0.1) is 23.5 Å². The number of pyridine rings is 1. The zero-order chi connectivity index (χ0) is 14.6. The van der Waals surface area contributed by atoms with Crippen LogP contribution in [0.5, 0.6) is 0 Å². The summed E-state index contributed by atoms with van der Waals surface area (Å²) in [7, 11) is 0. The summed E-state index contributed by atoms with van der Waals surface area (Å²) in [5.41, 5.74) is -1.73. The molecule has 1 heterocycles. The number of hydrogen-bond acceptors (Lipinski definition) is 5. The van der Waals surface area contributed by atoms with Crippen LogP contribution >= 0.6 is 11.6 Å². The molecule has 0 unspecified atom stereocenters. The number of nitrogens with zero attached hydrogens (tertiary/aromatic N) is 2. The van der Waals surface area contributed by atoms with Crippen LogP contribution in [-0.2, 0) is 16.0 Å². The van der Waals surface area contributed by atoms with Crippen LogP contribution in [0.1, 0.15) is 24.6 Å². The first-order valence-electron chi connectivity index (χ1n) is 5.14. The Morgan fingerprint density at radius 1 is 1.63 bits per heavy atom. The van der Waals surface area contributed by atoms with Crippen molar-refractivity contribution < 1.29 is 23.2 Å². The third-order valence-electron chi connectivity index (χ3n) is 2.12. The van der Waals surface area contributed by atoms with E-state index >= 15 is 0 Å². The van der Waals surface area contributed by atoms with Crippen molar-refractivity contribution >= 4 is 23.3 Å². The topological polar surface area (TPSA) is 82.3 Å². The van der Waals surface area contributed by atoms with Gasteiger partial charge in [-0.25, -0.2) is 13.8 Å². The lowest BCUT2D eigenvalue weighted by Crippen LogP contribution is -2.11. The molecule has 1 aromatic heterocycles. The molecule has 0 bridgehead atoms. The van der Waals surface area contributed by atoms with Gasteiger partial charge < -0.3 is 4.74 Å². The quantitative estimate of drug-likeness (QED) is 0.361. The van der Waals surface area contributed by atoms with Crippen LogP contribution in [0.3, 0.4) is 0 Å². The Bertz CT molecular complexity index is 511. The maximum absolute atomic E-state index is 12.5. The molecular formula is C10H9ClF2N2O4. The largest absolute Gasteiger partial charge is 0.466 e. The van der Waals surface area contributed by atoms with E-state index in [2.05, 4.69) is 9.72 Å². The zero-order valence-corrected chi connectivity index (χ0v) is 10.5. The van der Waals surface area contributed by atoms with Crippen molar-refractivity contribution in [1.82, 2.24) is 4.98 Å². The van der Waals surface area contributed by atoms with Gasteiger partial charge in [-0.2, -0.15) is 0 Å². The number of carbonyl (C=O) groups is 1. The molecule has 1 rings (SSSR count). The minimum Gasteiger partial charge on any atom is -0.466 e. The standard InChI is InChI=1S/C10H9ClF2N2O4/c1-2-19-8(16)3-5-7(15(17)18)4-6(10(12)13)14-9(5)11/h4,10H,2-3H2,1H3. The summed E-state index contributed by atoms with van der Waals surface area (Å²) in [5, 5.41) is 10.3. The number of nitro groups is 1. The molecule has 0 radical (unpaired) electrons. The molecule has 0 saturated heterocycles. The van der Waals surface area contributed by atoms with Gasteiger partial charge in [0.15, 0.2) is 0 Å². The Balaban J connectivity index is 3.22. The van der Waals surface area contributed by atoms with Crippen LogP contribution in [0.25, 0.3) is 0 Å². The fourth-order valence-corrected chi connectivity index (χ4v) is 1.60. The monoisotopic (exact) mass is 294 g/mol. The Morgan fingerprint density at radius 3 is 2.74 bits per heavy atom. The summed E-state index contributed by atoms with van der Waals surface area (Å²) in [6, 6.07) is 0.602. The lowest BCUT2D eigenvalue weighted by molar-refractivity contribution is -0.385. The SMILES string of the molecule is CCOC(=O)Cc1c([N+](=O)[O-])cc(C(F)F)nc1Cl. The normalized spacial score (nSPS) is 10.6. The van der Waals surface area contributed by atoms with Crippen molar-refractivity contribution in [3.8, 4) is 0 Å². The van der Waals surface area contributed by atoms with Gasteiger partial charge in [-0.15, -0.1) is 0 Å². The van der Waals surface area contributed by atoms with Gasteiger partial charge in [-0.1, -0.05) is 11.6 Å². The molecule has 0 aliphatic rings. The maximum Gasteiger partial charge on any atom is 0.310 e.